The van der Waals surface area contributed by atoms with E-state index in [1.54, 1.807) is 12.1 Å². The van der Waals surface area contributed by atoms with E-state index in [0.717, 1.165) is 12.8 Å². The third-order valence-electron chi connectivity index (χ3n) is 5.99. The normalized spacial score (nSPS) is 13.3. The Morgan fingerprint density at radius 1 is 1.03 bits per heavy atom. The molecule has 5 N–H and O–H groups in total. The summed E-state index contributed by atoms with van der Waals surface area (Å²) in [5.41, 5.74) is 9.24. The molecule has 0 unspecified atom stereocenters. The van der Waals surface area contributed by atoms with Crippen LogP contribution in [0, 0.1) is 0 Å². The van der Waals surface area contributed by atoms with Crippen LogP contribution in [0.4, 0.5) is 5.69 Å². The van der Waals surface area contributed by atoms with Crippen LogP contribution in [-0.4, -0.2) is 22.0 Å². The number of amides is 1. The molecule has 0 fully saturated rings. The van der Waals surface area contributed by atoms with Crippen molar-refractivity contribution in [2.75, 3.05) is 5.73 Å². The fourth-order valence-electron chi connectivity index (χ4n) is 4.28. The Balaban J connectivity index is 1.47. The Morgan fingerprint density at radius 2 is 1.67 bits per heavy atom. The first-order valence-electron chi connectivity index (χ1n) is 10.3. The second kappa shape index (κ2) is 8.14. The van der Waals surface area contributed by atoms with E-state index in [1.165, 1.54) is 29.3 Å². The van der Waals surface area contributed by atoms with Gasteiger partial charge in [0.15, 0.2) is 5.75 Å². The first kappa shape index (κ1) is 21.4. The van der Waals surface area contributed by atoms with Gasteiger partial charge >= 0.3 is 0 Å². The Hall–Kier alpha value is -3.48. The standard InChI is InChI=1S/C25H19Cl2N3O3/c26-18-10-15(11-19(27)21(18)28)22-24(32)23(31)17-9-14(5-6-20(17)30-22)25(33)29-16-7-12-3-1-2-4-13(12)8-16/h1-6,9-11,16,32H,7-8,28H2,(H,29,33)(H,30,31). The lowest BCUT2D eigenvalue weighted by Crippen LogP contribution is -2.35. The van der Waals surface area contributed by atoms with Gasteiger partial charge in [0.25, 0.3) is 5.91 Å². The Morgan fingerprint density at radius 3 is 2.30 bits per heavy atom. The molecule has 0 saturated carbocycles. The second-order valence-corrected chi connectivity index (χ2v) is 8.95. The lowest BCUT2D eigenvalue weighted by atomic mass is 10.0. The number of benzene rings is 3. The molecule has 5 rings (SSSR count). The van der Waals surface area contributed by atoms with Crippen LogP contribution in [0.15, 0.2) is 59.4 Å². The topological polar surface area (TPSA) is 108 Å². The maximum atomic E-state index is 12.9. The van der Waals surface area contributed by atoms with Crippen LogP contribution in [0.1, 0.15) is 21.5 Å². The number of fused-ring (bicyclic) bond motifs is 2. The zero-order valence-corrected chi connectivity index (χ0v) is 18.8. The van der Waals surface area contributed by atoms with E-state index in [1.807, 2.05) is 12.1 Å². The molecule has 1 aliphatic rings. The maximum Gasteiger partial charge on any atom is 0.251 e. The quantitative estimate of drug-likeness (QED) is 0.319. The Labute approximate surface area is 199 Å². The van der Waals surface area contributed by atoms with Gasteiger partial charge in [-0.3, -0.25) is 9.59 Å². The number of rotatable bonds is 3. The molecule has 4 aromatic rings. The fraction of sp³-hybridized carbons (Fsp3) is 0.120. The highest BCUT2D eigenvalue weighted by atomic mass is 35.5. The van der Waals surface area contributed by atoms with Crippen LogP contribution in [-0.2, 0) is 12.8 Å². The number of nitrogens with two attached hydrogens (primary N) is 1. The van der Waals surface area contributed by atoms with Gasteiger partial charge in [0.1, 0.15) is 0 Å². The zero-order valence-electron chi connectivity index (χ0n) is 17.3. The minimum atomic E-state index is -0.606. The summed E-state index contributed by atoms with van der Waals surface area (Å²) in [4.78, 5) is 28.8. The summed E-state index contributed by atoms with van der Waals surface area (Å²) in [7, 11) is 0. The van der Waals surface area contributed by atoms with Crippen molar-refractivity contribution < 1.29 is 9.90 Å². The molecule has 0 radical (unpaired) electrons. The van der Waals surface area contributed by atoms with Gasteiger partial charge in [0.2, 0.25) is 5.43 Å². The van der Waals surface area contributed by atoms with Gasteiger partial charge < -0.3 is 21.1 Å². The number of aromatic amines is 1. The molecule has 1 heterocycles. The number of H-pyrrole nitrogens is 1. The number of anilines is 1. The van der Waals surface area contributed by atoms with E-state index in [-0.39, 0.29) is 38.8 Å². The molecule has 1 amide bonds. The van der Waals surface area contributed by atoms with Crippen LogP contribution in [0.5, 0.6) is 5.75 Å². The minimum Gasteiger partial charge on any atom is -0.503 e. The molecule has 0 bridgehead atoms. The average Bonchev–Trinajstić information content (AvgIpc) is 3.21. The van der Waals surface area contributed by atoms with Crippen molar-refractivity contribution >= 4 is 45.7 Å². The molecule has 1 aromatic heterocycles. The number of hydrogen-bond acceptors (Lipinski definition) is 4. The third-order valence-corrected chi connectivity index (χ3v) is 6.62. The van der Waals surface area contributed by atoms with E-state index in [2.05, 4.69) is 22.4 Å². The molecular weight excluding hydrogens is 461 g/mol. The molecule has 6 nitrogen and oxygen atoms in total. The maximum absolute atomic E-state index is 12.9. The van der Waals surface area contributed by atoms with Crippen molar-refractivity contribution in [3.05, 3.63) is 91.6 Å². The van der Waals surface area contributed by atoms with Crippen LogP contribution in [0.2, 0.25) is 10.0 Å². The van der Waals surface area contributed by atoms with E-state index >= 15 is 0 Å². The molecule has 1 aliphatic carbocycles. The lowest BCUT2D eigenvalue weighted by molar-refractivity contribution is 0.0938. The number of hydrogen-bond donors (Lipinski definition) is 4. The van der Waals surface area contributed by atoms with E-state index in [4.69, 9.17) is 28.9 Å². The number of aromatic hydroxyl groups is 1. The summed E-state index contributed by atoms with van der Waals surface area (Å²) in [6.45, 7) is 0. The van der Waals surface area contributed by atoms with Crippen LogP contribution >= 0.6 is 23.2 Å². The van der Waals surface area contributed by atoms with E-state index < -0.39 is 11.2 Å². The molecule has 33 heavy (non-hydrogen) atoms. The first-order chi connectivity index (χ1) is 15.8. The highest BCUT2D eigenvalue weighted by Gasteiger charge is 2.23. The average molecular weight is 480 g/mol. The van der Waals surface area contributed by atoms with Gasteiger partial charge in [-0.2, -0.15) is 0 Å². The van der Waals surface area contributed by atoms with Crippen LogP contribution in [0.25, 0.3) is 22.2 Å². The van der Waals surface area contributed by atoms with Crippen molar-refractivity contribution in [1.29, 1.82) is 0 Å². The number of nitrogens with one attached hydrogen (secondary N) is 2. The van der Waals surface area contributed by atoms with Crippen molar-refractivity contribution in [1.82, 2.24) is 10.3 Å². The second-order valence-electron chi connectivity index (χ2n) is 8.14. The number of aromatic nitrogens is 1. The summed E-state index contributed by atoms with van der Waals surface area (Å²) in [6.07, 6.45) is 1.54. The van der Waals surface area contributed by atoms with Crippen molar-refractivity contribution in [3.63, 3.8) is 0 Å². The Kier molecular flexibility index (Phi) is 5.27. The monoisotopic (exact) mass is 479 g/mol. The third kappa shape index (κ3) is 3.81. The fourth-order valence-corrected chi connectivity index (χ4v) is 4.77. The van der Waals surface area contributed by atoms with E-state index in [9.17, 15) is 14.7 Å². The highest BCUT2D eigenvalue weighted by molar-refractivity contribution is 6.39. The smallest absolute Gasteiger partial charge is 0.251 e. The summed E-state index contributed by atoms with van der Waals surface area (Å²) >= 11 is 12.2. The first-order valence-corrected chi connectivity index (χ1v) is 11.1. The molecule has 0 spiro atoms. The van der Waals surface area contributed by atoms with Gasteiger partial charge in [-0.1, -0.05) is 47.5 Å². The molecule has 0 atom stereocenters. The number of nitrogen functional groups attached to an aromatic ring is 1. The van der Waals surface area contributed by atoms with Crippen LogP contribution in [0.3, 0.4) is 0 Å². The predicted molar refractivity (Wildman–Crippen MR) is 131 cm³/mol. The summed E-state index contributed by atoms with van der Waals surface area (Å²) in [5.74, 6) is -0.766. The predicted octanol–water partition coefficient (Wildman–Crippen LogP) is 4.69. The molecule has 3 aromatic carbocycles. The summed E-state index contributed by atoms with van der Waals surface area (Å²) < 4.78 is 0. The highest BCUT2D eigenvalue weighted by Crippen LogP contribution is 2.35. The van der Waals surface area contributed by atoms with Crippen LogP contribution < -0.4 is 16.5 Å². The molecule has 8 heteroatoms. The van der Waals surface area contributed by atoms with Gasteiger partial charge in [-0.15, -0.1) is 0 Å². The number of carbonyl (C=O) groups excluding carboxylic acids is 1. The molecule has 0 saturated heterocycles. The van der Waals surface area contributed by atoms with Crippen molar-refractivity contribution in [3.8, 4) is 17.0 Å². The van der Waals surface area contributed by atoms with Gasteiger partial charge in [-0.05, 0) is 54.3 Å². The van der Waals surface area contributed by atoms with Gasteiger partial charge in [0.05, 0.1) is 32.3 Å². The Bertz CT molecular complexity index is 1450. The van der Waals surface area contributed by atoms with E-state index in [0.29, 0.717) is 16.6 Å². The largest absolute Gasteiger partial charge is 0.503 e. The number of pyridine rings is 1. The zero-order chi connectivity index (χ0) is 23.3. The summed E-state index contributed by atoms with van der Waals surface area (Å²) in [6, 6.07) is 15.9. The van der Waals surface area contributed by atoms with Crippen molar-refractivity contribution in [2.45, 2.75) is 18.9 Å². The van der Waals surface area contributed by atoms with Gasteiger partial charge in [-0.25, -0.2) is 0 Å². The lowest BCUT2D eigenvalue weighted by Gasteiger charge is -2.13. The molecule has 0 aliphatic heterocycles. The molecule has 166 valence electrons. The summed E-state index contributed by atoms with van der Waals surface area (Å²) in [5, 5.41) is 14.3. The number of halogens is 2. The SMILES string of the molecule is Nc1c(Cl)cc(-c2[nH]c3ccc(C(=O)NC4Cc5ccccc5C4)cc3c(=O)c2O)cc1Cl. The number of carbonyl (C=O) groups is 1. The molecular formula is C25H19Cl2N3O3. The van der Waals surface area contributed by atoms with Gasteiger partial charge in [0, 0.05) is 17.2 Å². The minimum absolute atomic E-state index is 0.000302. The van der Waals surface area contributed by atoms with Crippen molar-refractivity contribution in [2.24, 2.45) is 0 Å².